The van der Waals surface area contributed by atoms with Crippen LogP contribution in [0.15, 0.2) is 24.3 Å². The Morgan fingerprint density at radius 2 is 2.11 bits per heavy atom. The first kappa shape index (κ1) is 15.5. The van der Waals surface area contributed by atoms with E-state index in [1.165, 1.54) is 0 Å². The molecule has 0 spiro atoms. The van der Waals surface area contributed by atoms with Crippen molar-refractivity contribution >= 4 is 0 Å². The summed E-state index contributed by atoms with van der Waals surface area (Å²) in [6.07, 6.45) is 1.23. The maximum Gasteiger partial charge on any atom is 0.122 e. The van der Waals surface area contributed by atoms with Gasteiger partial charge in [-0.3, -0.25) is 5.32 Å². The van der Waals surface area contributed by atoms with Gasteiger partial charge < -0.3 is 9.84 Å². The number of rotatable bonds is 8. The van der Waals surface area contributed by atoms with E-state index in [0.29, 0.717) is 19.4 Å². The Morgan fingerprint density at radius 1 is 1.37 bits per heavy atom. The van der Waals surface area contributed by atoms with E-state index in [0.717, 1.165) is 11.3 Å². The molecule has 0 bridgehead atoms. The molecule has 4 heteroatoms. The molecule has 1 aromatic carbocycles. The van der Waals surface area contributed by atoms with Crippen molar-refractivity contribution in [3.63, 3.8) is 0 Å². The van der Waals surface area contributed by atoms with Gasteiger partial charge in [0.2, 0.25) is 0 Å². The van der Waals surface area contributed by atoms with Crippen molar-refractivity contribution in [2.24, 2.45) is 0 Å². The van der Waals surface area contributed by atoms with Crippen molar-refractivity contribution in [3.8, 4) is 11.8 Å². The third-order valence-corrected chi connectivity index (χ3v) is 2.71. The number of hydrogen-bond donors (Lipinski definition) is 2. The molecule has 1 rings (SSSR count). The number of hydrogen-bond acceptors (Lipinski definition) is 4. The molecule has 0 fully saturated rings. The van der Waals surface area contributed by atoms with Crippen molar-refractivity contribution < 1.29 is 9.84 Å². The summed E-state index contributed by atoms with van der Waals surface area (Å²) in [6, 6.07) is 9.99. The van der Waals surface area contributed by atoms with E-state index >= 15 is 0 Å². The van der Waals surface area contributed by atoms with Gasteiger partial charge in [0.15, 0.2) is 0 Å². The fourth-order valence-corrected chi connectivity index (χ4v) is 1.85. The van der Waals surface area contributed by atoms with E-state index in [9.17, 15) is 0 Å². The second-order valence-corrected chi connectivity index (χ2v) is 4.72. The number of ether oxygens (including phenoxy) is 1. The third-order valence-electron chi connectivity index (χ3n) is 2.71. The van der Waals surface area contributed by atoms with Crippen LogP contribution in [0.4, 0.5) is 0 Å². The molecule has 0 aliphatic heterocycles. The zero-order valence-electron chi connectivity index (χ0n) is 11.6. The number of aliphatic hydroxyl groups is 1. The lowest BCUT2D eigenvalue weighted by atomic mass is 10.1. The Morgan fingerprint density at radius 3 is 2.74 bits per heavy atom. The first-order chi connectivity index (χ1) is 9.17. The molecule has 4 nitrogen and oxygen atoms in total. The Bertz CT molecular complexity index is 413. The van der Waals surface area contributed by atoms with E-state index in [4.69, 9.17) is 15.1 Å². The van der Waals surface area contributed by atoms with Crippen molar-refractivity contribution in [1.82, 2.24) is 5.32 Å². The molecule has 19 heavy (non-hydrogen) atoms. The maximum absolute atomic E-state index is 9.01. The second-order valence-electron chi connectivity index (χ2n) is 4.72. The van der Waals surface area contributed by atoms with Crippen LogP contribution >= 0.6 is 0 Å². The zero-order valence-corrected chi connectivity index (χ0v) is 11.6. The summed E-state index contributed by atoms with van der Waals surface area (Å²) in [5, 5.41) is 21.2. The summed E-state index contributed by atoms with van der Waals surface area (Å²) >= 11 is 0. The molecule has 0 saturated carbocycles. The molecule has 2 N–H and O–H groups in total. The predicted octanol–water partition coefficient (Wildman–Crippen LogP) is 1.88. The van der Waals surface area contributed by atoms with E-state index in [2.05, 4.69) is 11.4 Å². The van der Waals surface area contributed by atoms with Gasteiger partial charge in [-0.2, -0.15) is 5.26 Å². The highest BCUT2D eigenvalue weighted by atomic mass is 16.5. The molecule has 0 aromatic heterocycles. The minimum atomic E-state index is -0.190. The molecule has 0 aliphatic carbocycles. The van der Waals surface area contributed by atoms with Crippen LogP contribution < -0.4 is 10.1 Å². The lowest BCUT2D eigenvalue weighted by molar-refractivity contribution is 0.279. The fraction of sp³-hybridized carbons (Fsp3) is 0.533. The quantitative estimate of drug-likeness (QED) is 0.750. The summed E-state index contributed by atoms with van der Waals surface area (Å²) < 4.78 is 5.70. The number of nitriles is 1. The number of nitrogens with zero attached hydrogens (tertiary/aromatic N) is 1. The average Bonchev–Trinajstić information content (AvgIpc) is 2.39. The van der Waals surface area contributed by atoms with Gasteiger partial charge in [-0.05, 0) is 31.9 Å². The lowest BCUT2D eigenvalue weighted by Gasteiger charge is -2.16. The molecule has 1 unspecified atom stereocenters. The van der Waals surface area contributed by atoms with Crippen molar-refractivity contribution in [2.75, 3.05) is 13.2 Å². The van der Waals surface area contributed by atoms with Crippen LogP contribution in [0, 0.1) is 11.3 Å². The van der Waals surface area contributed by atoms with Gasteiger partial charge in [0.05, 0.1) is 18.7 Å². The largest absolute Gasteiger partial charge is 0.493 e. The SMILES string of the molecule is CC(C)NC(C#N)CCOc1ccccc1CCO. The summed E-state index contributed by atoms with van der Waals surface area (Å²) in [5.74, 6) is 0.790. The molecule has 0 saturated heterocycles. The van der Waals surface area contributed by atoms with Crippen LogP contribution in [-0.4, -0.2) is 30.4 Å². The maximum atomic E-state index is 9.01. The Hall–Kier alpha value is -1.57. The van der Waals surface area contributed by atoms with Gasteiger partial charge in [0, 0.05) is 19.1 Å². The smallest absolute Gasteiger partial charge is 0.122 e. The predicted molar refractivity (Wildman–Crippen MR) is 75.0 cm³/mol. The minimum Gasteiger partial charge on any atom is -0.493 e. The van der Waals surface area contributed by atoms with Gasteiger partial charge in [0.25, 0.3) is 0 Å². The van der Waals surface area contributed by atoms with Gasteiger partial charge in [-0.1, -0.05) is 18.2 Å². The lowest BCUT2D eigenvalue weighted by Crippen LogP contribution is -2.34. The monoisotopic (exact) mass is 262 g/mol. The molecular weight excluding hydrogens is 240 g/mol. The number of para-hydroxylation sites is 1. The summed E-state index contributed by atoms with van der Waals surface area (Å²) in [7, 11) is 0. The van der Waals surface area contributed by atoms with Crippen LogP contribution in [0.1, 0.15) is 25.8 Å². The van der Waals surface area contributed by atoms with E-state index in [1.807, 2.05) is 38.1 Å². The van der Waals surface area contributed by atoms with Crippen molar-refractivity contribution in [3.05, 3.63) is 29.8 Å². The highest BCUT2D eigenvalue weighted by Crippen LogP contribution is 2.18. The summed E-state index contributed by atoms with van der Waals surface area (Å²) in [5.41, 5.74) is 0.996. The van der Waals surface area contributed by atoms with Crippen LogP contribution in [0.2, 0.25) is 0 Å². The van der Waals surface area contributed by atoms with Crippen LogP contribution in [0.3, 0.4) is 0 Å². The number of nitrogens with one attached hydrogen (secondary N) is 1. The molecule has 0 aliphatic rings. The first-order valence-electron chi connectivity index (χ1n) is 6.64. The molecule has 0 heterocycles. The normalized spacial score (nSPS) is 12.2. The highest BCUT2D eigenvalue weighted by Gasteiger charge is 2.09. The standard InChI is InChI=1S/C15H22N2O2/c1-12(2)17-14(11-16)8-10-19-15-6-4-3-5-13(15)7-9-18/h3-6,12,14,17-18H,7-10H2,1-2H3. The summed E-state index contributed by atoms with van der Waals surface area (Å²) in [4.78, 5) is 0. The minimum absolute atomic E-state index is 0.107. The van der Waals surface area contributed by atoms with Gasteiger partial charge in [0.1, 0.15) is 5.75 Å². The van der Waals surface area contributed by atoms with Gasteiger partial charge in [-0.15, -0.1) is 0 Å². The fourth-order valence-electron chi connectivity index (χ4n) is 1.85. The van der Waals surface area contributed by atoms with Crippen LogP contribution in [-0.2, 0) is 6.42 Å². The molecule has 1 aromatic rings. The zero-order chi connectivity index (χ0) is 14.1. The Balaban J connectivity index is 2.46. The topological polar surface area (TPSA) is 65.3 Å². The Kier molecular flexibility index (Phi) is 6.94. The van der Waals surface area contributed by atoms with E-state index in [-0.39, 0.29) is 18.7 Å². The molecule has 1 atom stereocenters. The highest BCUT2D eigenvalue weighted by molar-refractivity contribution is 5.33. The Labute approximate surface area is 115 Å². The first-order valence-corrected chi connectivity index (χ1v) is 6.64. The van der Waals surface area contributed by atoms with E-state index < -0.39 is 0 Å². The third kappa shape index (κ3) is 5.73. The van der Waals surface area contributed by atoms with Crippen molar-refractivity contribution in [2.45, 2.75) is 38.8 Å². The van der Waals surface area contributed by atoms with Gasteiger partial charge >= 0.3 is 0 Å². The number of aliphatic hydroxyl groups excluding tert-OH is 1. The molecule has 0 radical (unpaired) electrons. The number of benzene rings is 1. The van der Waals surface area contributed by atoms with Crippen LogP contribution in [0.25, 0.3) is 0 Å². The molecular formula is C15H22N2O2. The molecule has 0 amide bonds. The van der Waals surface area contributed by atoms with Crippen LogP contribution in [0.5, 0.6) is 5.75 Å². The van der Waals surface area contributed by atoms with Crippen molar-refractivity contribution in [1.29, 1.82) is 5.26 Å². The average molecular weight is 262 g/mol. The summed E-state index contributed by atoms with van der Waals surface area (Å²) in [6.45, 7) is 4.62. The van der Waals surface area contributed by atoms with E-state index in [1.54, 1.807) is 0 Å². The second kappa shape index (κ2) is 8.52. The molecule has 104 valence electrons. The van der Waals surface area contributed by atoms with Gasteiger partial charge in [-0.25, -0.2) is 0 Å².